The molecule has 3 aromatic rings. The molecule has 1 unspecified atom stereocenters. The Morgan fingerprint density at radius 1 is 1.09 bits per heavy atom. The van der Waals surface area contributed by atoms with Gasteiger partial charge in [-0.15, -0.1) is 24.0 Å². The number of aryl methyl sites for hydroxylation is 1. The SMILES string of the molecule is CCOc1ccc(C(C)NC(=NC)NCCCc2nc3ccccc3[nH]2)cc1OCC.I. The summed E-state index contributed by atoms with van der Waals surface area (Å²) in [4.78, 5) is 12.4. The van der Waals surface area contributed by atoms with Gasteiger partial charge in [0, 0.05) is 20.0 Å². The monoisotopic (exact) mass is 551 g/mol. The second kappa shape index (κ2) is 13.1. The third kappa shape index (κ3) is 7.01. The first-order valence-corrected chi connectivity index (χ1v) is 10.9. The molecule has 0 aliphatic heterocycles. The van der Waals surface area contributed by atoms with Crippen LogP contribution < -0.4 is 20.1 Å². The standard InChI is InChI=1S/C24H33N5O2.HI/c1-5-30-21-14-13-18(16-22(21)31-6-2)17(3)27-24(25-4)26-15-9-12-23-28-19-10-7-8-11-20(19)29-23;/h7-8,10-11,13-14,16-17H,5-6,9,12,15H2,1-4H3,(H,28,29)(H2,25,26,27);1H. The molecule has 0 amide bonds. The largest absolute Gasteiger partial charge is 0.490 e. The summed E-state index contributed by atoms with van der Waals surface area (Å²) in [7, 11) is 1.78. The number of rotatable bonds is 10. The van der Waals surface area contributed by atoms with Crippen molar-refractivity contribution in [3.63, 3.8) is 0 Å². The quantitative estimate of drug-likeness (QED) is 0.146. The molecular weight excluding hydrogens is 517 g/mol. The molecule has 32 heavy (non-hydrogen) atoms. The lowest BCUT2D eigenvalue weighted by molar-refractivity contribution is 0.287. The maximum Gasteiger partial charge on any atom is 0.191 e. The number of aliphatic imine (C=N–C) groups is 1. The molecule has 8 heteroatoms. The number of para-hydroxylation sites is 2. The zero-order valence-electron chi connectivity index (χ0n) is 19.3. The van der Waals surface area contributed by atoms with E-state index < -0.39 is 0 Å². The highest BCUT2D eigenvalue weighted by Crippen LogP contribution is 2.30. The van der Waals surface area contributed by atoms with Crippen molar-refractivity contribution >= 4 is 41.0 Å². The fourth-order valence-corrected chi connectivity index (χ4v) is 3.41. The van der Waals surface area contributed by atoms with Gasteiger partial charge in [-0.3, -0.25) is 4.99 Å². The number of guanidine groups is 1. The molecular formula is C24H34IN5O2. The zero-order valence-corrected chi connectivity index (χ0v) is 21.6. The van der Waals surface area contributed by atoms with Gasteiger partial charge in [-0.1, -0.05) is 18.2 Å². The first kappa shape index (κ1) is 25.8. The van der Waals surface area contributed by atoms with Gasteiger partial charge in [-0.05, 0) is 57.0 Å². The van der Waals surface area contributed by atoms with E-state index in [1.165, 1.54) is 0 Å². The van der Waals surface area contributed by atoms with Crippen molar-refractivity contribution in [2.45, 2.75) is 39.7 Å². The number of hydrogen-bond donors (Lipinski definition) is 3. The zero-order chi connectivity index (χ0) is 22.1. The van der Waals surface area contributed by atoms with Gasteiger partial charge >= 0.3 is 0 Å². The molecule has 0 aliphatic carbocycles. The van der Waals surface area contributed by atoms with Gasteiger partial charge < -0.3 is 25.1 Å². The highest BCUT2D eigenvalue weighted by Gasteiger charge is 2.12. The number of aromatic amines is 1. The molecule has 0 spiro atoms. The average molecular weight is 551 g/mol. The van der Waals surface area contributed by atoms with Crippen LogP contribution in [0.1, 0.15) is 44.6 Å². The van der Waals surface area contributed by atoms with Crippen LogP contribution in [0.2, 0.25) is 0 Å². The number of benzene rings is 2. The van der Waals surface area contributed by atoms with Crippen LogP contribution in [0.25, 0.3) is 11.0 Å². The van der Waals surface area contributed by atoms with E-state index in [0.717, 1.165) is 59.3 Å². The van der Waals surface area contributed by atoms with Crippen LogP contribution in [0.4, 0.5) is 0 Å². The maximum atomic E-state index is 5.75. The minimum atomic E-state index is 0. The Morgan fingerprint density at radius 3 is 2.56 bits per heavy atom. The fraction of sp³-hybridized carbons (Fsp3) is 0.417. The third-order valence-corrected chi connectivity index (χ3v) is 4.97. The fourth-order valence-electron chi connectivity index (χ4n) is 3.41. The van der Waals surface area contributed by atoms with Crippen LogP contribution in [-0.2, 0) is 6.42 Å². The predicted octanol–water partition coefficient (Wildman–Crippen LogP) is 4.84. The molecule has 1 aromatic heterocycles. The Bertz CT molecular complexity index is 972. The van der Waals surface area contributed by atoms with Gasteiger partial charge in [0.25, 0.3) is 0 Å². The molecule has 3 N–H and O–H groups in total. The van der Waals surface area contributed by atoms with Crippen LogP contribution in [0, 0.1) is 0 Å². The van der Waals surface area contributed by atoms with Crippen LogP contribution in [0.15, 0.2) is 47.5 Å². The summed E-state index contributed by atoms with van der Waals surface area (Å²) < 4.78 is 11.4. The van der Waals surface area contributed by atoms with Crippen molar-refractivity contribution in [2.24, 2.45) is 4.99 Å². The number of ether oxygens (including phenoxy) is 2. The number of fused-ring (bicyclic) bond motifs is 1. The first-order chi connectivity index (χ1) is 15.1. The second-order valence-electron chi connectivity index (χ2n) is 7.24. The molecule has 0 radical (unpaired) electrons. The van der Waals surface area contributed by atoms with Crippen LogP contribution in [0.5, 0.6) is 11.5 Å². The van der Waals surface area contributed by atoms with Crippen molar-refractivity contribution in [1.29, 1.82) is 0 Å². The lowest BCUT2D eigenvalue weighted by Crippen LogP contribution is -2.39. The van der Waals surface area contributed by atoms with E-state index in [-0.39, 0.29) is 30.0 Å². The number of nitrogens with zero attached hydrogens (tertiary/aromatic N) is 2. The Hall–Kier alpha value is -2.49. The van der Waals surface area contributed by atoms with Crippen LogP contribution in [0.3, 0.4) is 0 Å². The number of H-pyrrole nitrogens is 1. The van der Waals surface area contributed by atoms with E-state index in [4.69, 9.17) is 9.47 Å². The van der Waals surface area contributed by atoms with Crippen LogP contribution >= 0.6 is 24.0 Å². The van der Waals surface area contributed by atoms with E-state index in [1.807, 2.05) is 44.2 Å². The Kier molecular flexibility index (Phi) is 10.6. The van der Waals surface area contributed by atoms with Gasteiger partial charge in [-0.2, -0.15) is 0 Å². The summed E-state index contributed by atoms with van der Waals surface area (Å²) >= 11 is 0. The topological polar surface area (TPSA) is 83.6 Å². The molecule has 3 rings (SSSR count). The van der Waals surface area contributed by atoms with E-state index in [2.05, 4.69) is 44.7 Å². The van der Waals surface area contributed by atoms with Crippen molar-refractivity contribution in [3.05, 3.63) is 53.9 Å². The molecule has 0 bridgehead atoms. The molecule has 1 atom stereocenters. The molecule has 1 heterocycles. The highest BCUT2D eigenvalue weighted by atomic mass is 127. The predicted molar refractivity (Wildman–Crippen MR) is 142 cm³/mol. The van der Waals surface area contributed by atoms with Crippen molar-refractivity contribution in [2.75, 3.05) is 26.8 Å². The molecule has 0 aliphatic rings. The molecule has 0 fully saturated rings. The minimum absolute atomic E-state index is 0. The molecule has 0 saturated heterocycles. The van der Waals surface area contributed by atoms with Crippen LogP contribution in [-0.4, -0.2) is 42.7 Å². The first-order valence-electron chi connectivity index (χ1n) is 10.9. The smallest absolute Gasteiger partial charge is 0.191 e. The summed E-state index contributed by atoms with van der Waals surface area (Å²) in [6, 6.07) is 14.2. The van der Waals surface area contributed by atoms with Crippen molar-refractivity contribution < 1.29 is 9.47 Å². The molecule has 2 aromatic carbocycles. The van der Waals surface area contributed by atoms with E-state index in [1.54, 1.807) is 7.05 Å². The summed E-state index contributed by atoms with van der Waals surface area (Å²) in [6.07, 6.45) is 1.83. The average Bonchev–Trinajstić information content (AvgIpc) is 3.20. The van der Waals surface area contributed by atoms with E-state index in [0.29, 0.717) is 13.2 Å². The van der Waals surface area contributed by atoms with Crippen molar-refractivity contribution in [1.82, 2.24) is 20.6 Å². The molecule has 174 valence electrons. The Balaban J connectivity index is 0.00000363. The Labute approximate surface area is 207 Å². The van der Waals surface area contributed by atoms with Gasteiger partial charge in [0.2, 0.25) is 0 Å². The van der Waals surface area contributed by atoms with Gasteiger partial charge in [0.15, 0.2) is 17.5 Å². The summed E-state index contributed by atoms with van der Waals surface area (Å²) in [5.41, 5.74) is 3.20. The van der Waals surface area contributed by atoms with Gasteiger partial charge in [0.05, 0.1) is 30.3 Å². The Morgan fingerprint density at radius 2 is 1.84 bits per heavy atom. The van der Waals surface area contributed by atoms with E-state index >= 15 is 0 Å². The number of imidazole rings is 1. The third-order valence-electron chi connectivity index (χ3n) is 4.97. The summed E-state index contributed by atoms with van der Waals surface area (Å²) in [5, 5.41) is 6.83. The normalized spacial score (nSPS) is 12.2. The molecule has 0 saturated carbocycles. The lowest BCUT2D eigenvalue weighted by Gasteiger charge is -2.20. The molecule has 7 nitrogen and oxygen atoms in total. The summed E-state index contributed by atoms with van der Waals surface area (Å²) in [5.74, 6) is 3.32. The van der Waals surface area contributed by atoms with Gasteiger partial charge in [0.1, 0.15) is 5.82 Å². The highest BCUT2D eigenvalue weighted by molar-refractivity contribution is 14.0. The number of nitrogens with one attached hydrogen (secondary N) is 3. The summed E-state index contributed by atoms with van der Waals surface area (Å²) in [6.45, 7) is 8.06. The second-order valence-corrected chi connectivity index (χ2v) is 7.24. The van der Waals surface area contributed by atoms with Crippen molar-refractivity contribution in [3.8, 4) is 11.5 Å². The number of halogens is 1. The number of hydrogen-bond acceptors (Lipinski definition) is 4. The number of aromatic nitrogens is 2. The minimum Gasteiger partial charge on any atom is -0.490 e. The lowest BCUT2D eigenvalue weighted by atomic mass is 10.1. The van der Waals surface area contributed by atoms with Gasteiger partial charge in [-0.25, -0.2) is 4.98 Å². The maximum absolute atomic E-state index is 5.75. The van der Waals surface area contributed by atoms with E-state index in [9.17, 15) is 0 Å².